The summed E-state index contributed by atoms with van der Waals surface area (Å²) in [5, 5.41) is 0. The Bertz CT molecular complexity index is 491. The monoisotopic (exact) mass is 307 g/mol. The molecule has 122 valence electrons. The number of allylic oxidation sites excluding steroid dienone is 4. The third kappa shape index (κ3) is 6.24. The molecule has 3 atom stereocenters. The normalized spacial score (nSPS) is 24.1. The number of hydrogen-bond acceptors (Lipinski definition) is 4. The lowest BCUT2D eigenvalue weighted by Gasteiger charge is -2.28. The topological polar surface area (TPSA) is 86.5 Å². The number of amides is 1. The van der Waals surface area contributed by atoms with Crippen molar-refractivity contribution in [3.63, 3.8) is 0 Å². The van der Waals surface area contributed by atoms with Crippen molar-refractivity contribution in [2.45, 2.75) is 52.6 Å². The SMILES string of the molecule is CC=C/C(C)=C/C(C)C(=O)CC1CC(CC(N)=O)CC(=O)O1. The van der Waals surface area contributed by atoms with Crippen molar-refractivity contribution in [1.29, 1.82) is 0 Å². The van der Waals surface area contributed by atoms with E-state index in [4.69, 9.17) is 10.5 Å². The van der Waals surface area contributed by atoms with Crippen molar-refractivity contribution < 1.29 is 19.1 Å². The molecule has 0 aromatic carbocycles. The highest BCUT2D eigenvalue weighted by Crippen LogP contribution is 2.26. The minimum atomic E-state index is -0.448. The molecule has 3 unspecified atom stereocenters. The summed E-state index contributed by atoms with van der Waals surface area (Å²) < 4.78 is 5.22. The van der Waals surface area contributed by atoms with Gasteiger partial charge in [0.1, 0.15) is 11.9 Å². The van der Waals surface area contributed by atoms with Crippen LogP contribution in [0.15, 0.2) is 23.8 Å². The predicted octanol–water partition coefficient (Wildman–Crippen LogP) is 2.30. The number of primary amides is 1. The van der Waals surface area contributed by atoms with Crippen molar-refractivity contribution in [3.05, 3.63) is 23.8 Å². The van der Waals surface area contributed by atoms with Crippen LogP contribution in [0, 0.1) is 11.8 Å². The standard InChI is InChI=1S/C17H25NO4/c1-4-5-11(2)6-12(3)15(19)10-14-7-13(8-16(18)20)9-17(21)22-14/h4-6,12-14H,7-10H2,1-3H3,(H2,18,20)/b5-4?,11-6+. The highest BCUT2D eigenvalue weighted by atomic mass is 16.5. The van der Waals surface area contributed by atoms with E-state index in [1.54, 1.807) is 0 Å². The van der Waals surface area contributed by atoms with E-state index >= 15 is 0 Å². The Labute approximate surface area is 131 Å². The minimum Gasteiger partial charge on any atom is -0.462 e. The zero-order valence-corrected chi connectivity index (χ0v) is 13.5. The Kier molecular flexibility index (Phi) is 7.02. The highest BCUT2D eigenvalue weighted by molar-refractivity contribution is 5.83. The molecule has 0 spiro atoms. The van der Waals surface area contributed by atoms with Gasteiger partial charge in [-0.3, -0.25) is 14.4 Å². The second-order valence-electron chi connectivity index (χ2n) is 5.96. The fraction of sp³-hybridized carbons (Fsp3) is 0.588. The lowest BCUT2D eigenvalue weighted by molar-refractivity contribution is -0.158. The molecular formula is C17H25NO4. The number of ether oxygens (including phenoxy) is 1. The second-order valence-corrected chi connectivity index (χ2v) is 5.96. The van der Waals surface area contributed by atoms with Crippen LogP contribution in [0.25, 0.3) is 0 Å². The van der Waals surface area contributed by atoms with Crippen LogP contribution in [0.1, 0.15) is 46.5 Å². The molecule has 2 N–H and O–H groups in total. The first kappa shape index (κ1) is 18.1. The quantitative estimate of drug-likeness (QED) is 0.577. The van der Waals surface area contributed by atoms with Crippen LogP contribution in [0.3, 0.4) is 0 Å². The van der Waals surface area contributed by atoms with Gasteiger partial charge in [0.15, 0.2) is 0 Å². The molecule has 1 heterocycles. The number of Topliss-reactive ketones (excluding diaryl/α,β-unsaturated/α-hetero) is 1. The summed E-state index contributed by atoms with van der Waals surface area (Å²) in [5.74, 6) is -1.10. The summed E-state index contributed by atoms with van der Waals surface area (Å²) in [7, 11) is 0. The molecule has 1 rings (SSSR count). The summed E-state index contributed by atoms with van der Waals surface area (Å²) in [6.07, 6.45) is 6.36. The first-order chi connectivity index (χ1) is 10.3. The van der Waals surface area contributed by atoms with Crippen molar-refractivity contribution >= 4 is 17.7 Å². The van der Waals surface area contributed by atoms with Crippen LogP contribution < -0.4 is 5.73 Å². The largest absolute Gasteiger partial charge is 0.462 e. The van der Waals surface area contributed by atoms with Gasteiger partial charge in [0.25, 0.3) is 0 Å². The Hall–Kier alpha value is -1.91. The molecule has 5 nitrogen and oxygen atoms in total. The number of ketones is 1. The molecule has 5 heteroatoms. The van der Waals surface area contributed by atoms with Crippen LogP contribution in [0.2, 0.25) is 0 Å². The van der Waals surface area contributed by atoms with E-state index in [-0.39, 0.29) is 42.9 Å². The second kappa shape index (κ2) is 8.51. The number of carbonyl (C=O) groups excluding carboxylic acids is 3. The van der Waals surface area contributed by atoms with E-state index in [1.807, 2.05) is 39.0 Å². The number of rotatable bonds is 7. The number of nitrogens with two attached hydrogens (primary N) is 1. The fourth-order valence-electron chi connectivity index (χ4n) is 2.75. The van der Waals surface area contributed by atoms with Crippen LogP contribution in [0.5, 0.6) is 0 Å². The highest BCUT2D eigenvalue weighted by Gasteiger charge is 2.31. The average molecular weight is 307 g/mol. The van der Waals surface area contributed by atoms with Crippen molar-refractivity contribution in [2.75, 3.05) is 0 Å². The lowest BCUT2D eigenvalue weighted by atomic mass is 9.88. The maximum Gasteiger partial charge on any atom is 0.306 e. The molecule has 0 radical (unpaired) electrons. The summed E-state index contributed by atoms with van der Waals surface area (Å²) in [4.78, 5) is 34.8. The van der Waals surface area contributed by atoms with Crippen molar-refractivity contribution in [1.82, 2.24) is 0 Å². The molecular weight excluding hydrogens is 282 g/mol. The van der Waals surface area contributed by atoms with Crippen molar-refractivity contribution in [2.24, 2.45) is 17.6 Å². The van der Waals surface area contributed by atoms with Crippen molar-refractivity contribution in [3.8, 4) is 0 Å². The molecule has 0 aromatic heterocycles. The smallest absolute Gasteiger partial charge is 0.306 e. The van der Waals surface area contributed by atoms with Crippen LogP contribution in [-0.4, -0.2) is 23.8 Å². The first-order valence-corrected chi connectivity index (χ1v) is 7.63. The van der Waals surface area contributed by atoms with Gasteiger partial charge >= 0.3 is 5.97 Å². The summed E-state index contributed by atoms with van der Waals surface area (Å²) in [6.45, 7) is 5.69. The van der Waals surface area contributed by atoms with Crippen LogP contribution in [-0.2, 0) is 19.1 Å². The van der Waals surface area contributed by atoms with Gasteiger partial charge < -0.3 is 10.5 Å². The lowest BCUT2D eigenvalue weighted by Crippen LogP contribution is -2.34. The Morgan fingerprint density at radius 1 is 1.41 bits per heavy atom. The number of hydrogen-bond donors (Lipinski definition) is 1. The molecule has 1 saturated heterocycles. The molecule has 1 aliphatic rings. The number of carbonyl (C=O) groups is 3. The first-order valence-electron chi connectivity index (χ1n) is 7.63. The number of esters is 1. The van der Waals surface area contributed by atoms with Gasteiger partial charge in [-0.05, 0) is 26.2 Å². The Morgan fingerprint density at radius 2 is 2.09 bits per heavy atom. The van der Waals surface area contributed by atoms with E-state index in [0.29, 0.717) is 6.42 Å². The van der Waals surface area contributed by atoms with Gasteiger partial charge in [-0.2, -0.15) is 0 Å². The maximum absolute atomic E-state index is 12.2. The molecule has 0 saturated carbocycles. The van der Waals surface area contributed by atoms with Gasteiger partial charge in [0.05, 0.1) is 0 Å². The van der Waals surface area contributed by atoms with Crippen LogP contribution in [0.4, 0.5) is 0 Å². The molecule has 0 bridgehead atoms. The van der Waals surface area contributed by atoms with E-state index in [9.17, 15) is 14.4 Å². The zero-order valence-electron chi connectivity index (χ0n) is 13.5. The van der Waals surface area contributed by atoms with Gasteiger partial charge in [-0.1, -0.05) is 30.7 Å². The fourth-order valence-corrected chi connectivity index (χ4v) is 2.75. The molecule has 0 aliphatic carbocycles. The van der Waals surface area contributed by atoms with Crippen LogP contribution >= 0.6 is 0 Å². The van der Waals surface area contributed by atoms with Gasteiger partial charge in [-0.15, -0.1) is 0 Å². The zero-order chi connectivity index (χ0) is 16.7. The molecule has 0 aromatic rings. The third-order valence-corrected chi connectivity index (χ3v) is 3.72. The van der Waals surface area contributed by atoms with Gasteiger partial charge in [-0.25, -0.2) is 0 Å². The predicted molar refractivity (Wildman–Crippen MR) is 83.8 cm³/mol. The van der Waals surface area contributed by atoms with E-state index in [0.717, 1.165) is 5.57 Å². The molecule has 1 aliphatic heterocycles. The Balaban J connectivity index is 2.60. The minimum absolute atomic E-state index is 0.0291. The number of cyclic esters (lactones) is 1. The summed E-state index contributed by atoms with van der Waals surface area (Å²) >= 11 is 0. The van der Waals surface area contributed by atoms with E-state index in [1.165, 1.54) is 0 Å². The summed E-state index contributed by atoms with van der Waals surface area (Å²) in [5.41, 5.74) is 6.20. The Morgan fingerprint density at radius 3 is 2.68 bits per heavy atom. The summed E-state index contributed by atoms with van der Waals surface area (Å²) in [6, 6.07) is 0. The van der Waals surface area contributed by atoms with E-state index in [2.05, 4.69) is 0 Å². The van der Waals surface area contributed by atoms with E-state index < -0.39 is 12.0 Å². The average Bonchev–Trinajstić information content (AvgIpc) is 2.36. The third-order valence-electron chi connectivity index (χ3n) is 3.72. The molecule has 1 fully saturated rings. The molecule has 1 amide bonds. The molecule has 22 heavy (non-hydrogen) atoms. The van der Waals surface area contributed by atoms with Gasteiger partial charge in [0.2, 0.25) is 5.91 Å². The maximum atomic E-state index is 12.2. The van der Waals surface area contributed by atoms with Gasteiger partial charge in [0, 0.05) is 25.2 Å².